The van der Waals surface area contributed by atoms with Gasteiger partial charge in [0.1, 0.15) is 0 Å². The Morgan fingerprint density at radius 2 is 0.800 bits per heavy atom. The van der Waals surface area contributed by atoms with Gasteiger partial charge in [0.25, 0.3) is 0 Å². The summed E-state index contributed by atoms with van der Waals surface area (Å²) in [5, 5.41) is 0. The average Bonchev–Trinajstić information content (AvgIpc) is 2.76. The molecule has 0 aromatic heterocycles. The molecule has 35 heavy (non-hydrogen) atoms. The maximum atomic E-state index is 13.4. The van der Waals surface area contributed by atoms with Crippen molar-refractivity contribution in [2.24, 2.45) is 0 Å². The van der Waals surface area contributed by atoms with Crippen LogP contribution >= 0.6 is 20.2 Å². The molecule has 0 unspecified atom stereocenters. The Morgan fingerprint density at radius 1 is 0.514 bits per heavy atom. The fraction of sp³-hybridized carbons (Fsp3) is 0.400. The molecule has 0 amide bonds. The van der Waals surface area contributed by atoms with E-state index in [1.807, 2.05) is 36.4 Å². The number of hydrogen-bond donors (Lipinski definition) is 0. The zero-order chi connectivity index (χ0) is 26.2. The van der Waals surface area contributed by atoms with Crippen LogP contribution in [0.2, 0.25) is 0 Å². The second-order valence-electron chi connectivity index (χ2n) is 12.1. The van der Waals surface area contributed by atoms with Crippen molar-refractivity contribution >= 4 is 30.4 Å². The normalized spacial score (nSPS) is 13.6. The van der Waals surface area contributed by atoms with Crippen molar-refractivity contribution in [2.75, 3.05) is 0 Å². The predicted molar refractivity (Wildman–Crippen MR) is 155 cm³/mol. The average molecular weight is 607 g/mol. The van der Waals surface area contributed by atoms with Crippen LogP contribution in [0.5, 0.6) is 0 Å². The van der Waals surface area contributed by atoms with Gasteiger partial charge in [-0.1, -0.05) is 0 Å². The summed E-state index contributed by atoms with van der Waals surface area (Å²) in [7, 11) is -3.93. The van der Waals surface area contributed by atoms with E-state index in [2.05, 4.69) is 86.6 Å². The first-order valence-electron chi connectivity index (χ1n) is 12.0. The first-order chi connectivity index (χ1) is 16.0. The van der Waals surface area contributed by atoms with E-state index in [1.165, 1.54) is 11.1 Å². The van der Waals surface area contributed by atoms with Crippen LogP contribution < -0.4 is 0 Å². The van der Waals surface area contributed by atoms with Crippen LogP contribution in [-0.4, -0.2) is 8.42 Å². The van der Waals surface area contributed by atoms with Crippen molar-refractivity contribution in [1.82, 2.24) is 0 Å². The second kappa shape index (κ2) is 9.98. The first kappa shape index (κ1) is 27.9. The molecule has 0 aliphatic heterocycles. The van der Waals surface area contributed by atoms with Gasteiger partial charge in [0.2, 0.25) is 0 Å². The number of rotatable bonds is 5. The predicted octanol–water partition coefficient (Wildman–Crippen LogP) is 8.45. The monoisotopic (exact) mass is 606 g/mol. The third kappa shape index (κ3) is 6.95. The molecule has 0 saturated heterocycles. The molecule has 3 aromatic carbocycles. The zero-order valence-corrected chi connectivity index (χ0v) is 25.4. The van der Waals surface area contributed by atoms with Crippen LogP contribution in [0.3, 0.4) is 0 Å². The van der Waals surface area contributed by atoms with E-state index < -0.39 is 30.4 Å². The van der Waals surface area contributed by atoms with Crippen molar-refractivity contribution in [3.8, 4) is 0 Å². The number of benzene rings is 3. The molecular formula is C30H39IO3S. The third-order valence-electron chi connectivity index (χ3n) is 5.97. The standard InChI is InChI=1S/C30H39IO3S/c1-28(2,3)22-10-16-25(17-11-22)31(26-18-12-23(13-19-26)29(4,5)6)34-35(32,33)27-20-14-24(15-21-27)30(7,8)9/h10-21H,1-9H3. The van der Waals surface area contributed by atoms with Crippen molar-refractivity contribution in [3.63, 3.8) is 0 Å². The SMILES string of the molecule is CC(C)(C)c1ccc(I(OS(=O)(=O)c2ccc(C(C)(C)C)cc2)c2ccc(C(C)(C)C)cc2)cc1. The summed E-state index contributed by atoms with van der Waals surface area (Å²) in [5.74, 6) is 0. The molecular weight excluding hydrogens is 567 g/mol. The van der Waals surface area contributed by atoms with Crippen LogP contribution in [0.15, 0.2) is 77.7 Å². The summed E-state index contributed by atoms with van der Waals surface area (Å²) in [6.45, 7) is 19.4. The van der Waals surface area contributed by atoms with Crippen LogP contribution in [-0.2, 0) is 28.9 Å². The zero-order valence-electron chi connectivity index (χ0n) is 22.4. The Bertz CT molecular complexity index is 1180. The fourth-order valence-corrected chi connectivity index (χ4v) is 10.5. The van der Waals surface area contributed by atoms with Crippen molar-refractivity contribution in [3.05, 3.63) is 96.6 Å². The molecule has 0 saturated carbocycles. The van der Waals surface area contributed by atoms with Gasteiger partial charge >= 0.3 is 221 Å². The van der Waals surface area contributed by atoms with Gasteiger partial charge in [-0.2, -0.15) is 0 Å². The molecule has 0 aliphatic rings. The molecule has 0 bridgehead atoms. The minimum absolute atomic E-state index is 0.0215. The molecule has 0 heterocycles. The van der Waals surface area contributed by atoms with Gasteiger partial charge in [0, 0.05) is 0 Å². The van der Waals surface area contributed by atoms with Crippen LogP contribution in [0.4, 0.5) is 0 Å². The van der Waals surface area contributed by atoms with E-state index in [4.69, 9.17) is 2.51 Å². The van der Waals surface area contributed by atoms with Gasteiger partial charge < -0.3 is 0 Å². The Labute approximate surface area is 220 Å². The quantitative estimate of drug-likeness (QED) is 0.274. The fourth-order valence-electron chi connectivity index (χ4n) is 3.57. The van der Waals surface area contributed by atoms with E-state index >= 15 is 0 Å². The van der Waals surface area contributed by atoms with E-state index in [9.17, 15) is 8.42 Å². The molecule has 3 aromatic rings. The van der Waals surface area contributed by atoms with E-state index in [-0.39, 0.29) is 21.1 Å². The van der Waals surface area contributed by atoms with Gasteiger partial charge in [-0.3, -0.25) is 0 Å². The summed E-state index contributed by atoms with van der Waals surface area (Å²) in [4.78, 5) is 0.199. The van der Waals surface area contributed by atoms with Crippen LogP contribution in [0.1, 0.15) is 79.0 Å². The number of halogens is 1. The Morgan fingerprint density at radius 3 is 1.09 bits per heavy atom. The van der Waals surface area contributed by atoms with E-state index in [0.717, 1.165) is 12.7 Å². The van der Waals surface area contributed by atoms with Crippen LogP contribution in [0, 0.1) is 7.14 Å². The molecule has 0 fully saturated rings. The van der Waals surface area contributed by atoms with Crippen molar-refractivity contribution < 1.29 is 10.9 Å². The van der Waals surface area contributed by atoms with Gasteiger partial charge in [0.05, 0.1) is 0 Å². The molecule has 0 atom stereocenters. The number of hydrogen-bond acceptors (Lipinski definition) is 3. The Kier molecular flexibility index (Phi) is 7.95. The van der Waals surface area contributed by atoms with E-state index in [1.54, 1.807) is 12.1 Å². The third-order valence-corrected chi connectivity index (χ3v) is 13.3. The van der Waals surface area contributed by atoms with E-state index in [0.29, 0.717) is 0 Å². The maximum absolute atomic E-state index is 13.4. The van der Waals surface area contributed by atoms with Gasteiger partial charge in [-0.15, -0.1) is 0 Å². The Balaban J connectivity index is 2.02. The van der Waals surface area contributed by atoms with Gasteiger partial charge in [-0.05, 0) is 0 Å². The summed E-state index contributed by atoms with van der Waals surface area (Å²) in [6.07, 6.45) is 0. The van der Waals surface area contributed by atoms with Gasteiger partial charge in [0.15, 0.2) is 0 Å². The topological polar surface area (TPSA) is 43.4 Å². The second-order valence-corrected chi connectivity index (χ2v) is 18.5. The summed E-state index contributed by atoms with van der Waals surface area (Å²) in [5.41, 5.74) is 3.50. The molecule has 0 radical (unpaired) electrons. The van der Waals surface area contributed by atoms with Gasteiger partial charge in [-0.25, -0.2) is 0 Å². The molecule has 190 valence electrons. The van der Waals surface area contributed by atoms with Crippen molar-refractivity contribution in [1.29, 1.82) is 0 Å². The molecule has 3 rings (SSSR count). The summed E-state index contributed by atoms with van der Waals surface area (Å²) in [6, 6.07) is 23.6. The van der Waals surface area contributed by atoms with Crippen LogP contribution in [0.25, 0.3) is 0 Å². The molecule has 5 heteroatoms. The summed E-state index contributed by atoms with van der Waals surface area (Å²) < 4.78 is 34.9. The molecule has 0 aliphatic carbocycles. The minimum atomic E-state index is -3.93. The molecule has 0 N–H and O–H groups in total. The molecule has 3 nitrogen and oxygen atoms in total. The Hall–Kier alpha value is -1.70. The summed E-state index contributed by atoms with van der Waals surface area (Å²) >= 11 is -2.76. The van der Waals surface area contributed by atoms with Crippen molar-refractivity contribution in [2.45, 2.75) is 83.5 Å². The molecule has 0 spiro atoms. The first-order valence-corrected chi connectivity index (χ1v) is 16.4.